The number of benzene rings is 1. The van der Waals surface area contributed by atoms with E-state index in [-0.39, 0.29) is 24.6 Å². The van der Waals surface area contributed by atoms with E-state index in [0.29, 0.717) is 5.65 Å². The molecule has 0 aliphatic rings. The second kappa shape index (κ2) is 11.3. The van der Waals surface area contributed by atoms with Gasteiger partial charge in [-0.2, -0.15) is 5.26 Å². The number of aromatic nitrogens is 2. The predicted octanol–water partition coefficient (Wildman–Crippen LogP) is 4.74. The van der Waals surface area contributed by atoms with Crippen molar-refractivity contribution in [2.75, 3.05) is 7.11 Å². The van der Waals surface area contributed by atoms with Crippen molar-refractivity contribution in [2.45, 2.75) is 57.8 Å². The maximum Gasteiger partial charge on any atom is 0.308 e. The van der Waals surface area contributed by atoms with Crippen LogP contribution in [0.1, 0.15) is 56.8 Å². The second-order valence-electron chi connectivity index (χ2n) is 8.81. The number of methoxy groups -OCH3 is 1. The van der Waals surface area contributed by atoms with Crippen LogP contribution in [0.15, 0.2) is 42.6 Å². The molecule has 3 unspecified atom stereocenters. The molecule has 3 aromatic rings. The molecule has 0 radical (unpaired) electrons. The number of ether oxygens (including phenoxy) is 1. The molecule has 7 nitrogen and oxygen atoms in total. The molecular weight excluding hydrogens is 449 g/mol. The molecule has 8 heteroatoms. The first-order valence-corrected chi connectivity index (χ1v) is 11.5. The number of hydrogen-bond donors (Lipinski definition) is 2. The van der Waals surface area contributed by atoms with Gasteiger partial charge in [0.05, 0.1) is 37.5 Å². The average Bonchev–Trinajstić information content (AvgIpc) is 3.25. The van der Waals surface area contributed by atoms with Crippen molar-refractivity contribution in [2.24, 2.45) is 0 Å². The quantitative estimate of drug-likeness (QED) is 0.429. The maximum atomic E-state index is 13.7. The van der Waals surface area contributed by atoms with Crippen molar-refractivity contribution < 1.29 is 24.1 Å². The summed E-state index contributed by atoms with van der Waals surface area (Å²) in [6, 6.07) is 9.83. The van der Waals surface area contributed by atoms with Gasteiger partial charge in [0.2, 0.25) is 0 Å². The standard InChI is InChI=1S/C27H30FN3O4/c1-16(2)26-22(10-9-20(32)13-21(33)14-24(34)35-4)25(18-5-7-19(28)8-6-18)23-11-12-31(17(3)15-29)27(23)30-26/h5-12,16-17,20-21,32-33H,13-14H2,1-4H3/b10-9+. The summed E-state index contributed by atoms with van der Waals surface area (Å²) in [6.07, 6.45) is 2.80. The van der Waals surface area contributed by atoms with E-state index in [2.05, 4.69) is 10.8 Å². The monoisotopic (exact) mass is 479 g/mol. The fourth-order valence-electron chi connectivity index (χ4n) is 4.03. The van der Waals surface area contributed by atoms with Gasteiger partial charge in [-0.05, 0) is 36.6 Å². The molecule has 0 amide bonds. The summed E-state index contributed by atoms with van der Waals surface area (Å²) in [4.78, 5) is 16.3. The van der Waals surface area contributed by atoms with Gasteiger partial charge in [0.25, 0.3) is 0 Å². The number of carbonyl (C=O) groups is 1. The van der Waals surface area contributed by atoms with Gasteiger partial charge in [0, 0.05) is 29.1 Å². The third-order valence-corrected chi connectivity index (χ3v) is 5.84. The molecule has 2 heterocycles. The van der Waals surface area contributed by atoms with Gasteiger partial charge in [-0.1, -0.05) is 38.1 Å². The van der Waals surface area contributed by atoms with Crippen molar-refractivity contribution in [1.29, 1.82) is 5.26 Å². The number of halogens is 1. The lowest BCUT2D eigenvalue weighted by atomic mass is 9.91. The van der Waals surface area contributed by atoms with Crippen LogP contribution in [0.5, 0.6) is 0 Å². The van der Waals surface area contributed by atoms with Gasteiger partial charge >= 0.3 is 5.97 Å². The molecule has 3 rings (SSSR count). The Morgan fingerprint density at radius 3 is 2.51 bits per heavy atom. The van der Waals surface area contributed by atoms with Crippen LogP contribution >= 0.6 is 0 Å². The molecule has 0 aliphatic heterocycles. The molecule has 1 aromatic carbocycles. The lowest BCUT2D eigenvalue weighted by molar-refractivity contribution is -0.143. The number of nitriles is 1. The maximum absolute atomic E-state index is 13.7. The Morgan fingerprint density at radius 1 is 1.23 bits per heavy atom. The zero-order chi connectivity index (χ0) is 25.7. The van der Waals surface area contributed by atoms with Crippen LogP contribution in [-0.2, 0) is 9.53 Å². The number of pyridine rings is 1. The molecule has 0 fully saturated rings. The van der Waals surface area contributed by atoms with Gasteiger partial charge in [-0.15, -0.1) is 0 Å². The summed E-state index contributed by atoms with van der Waals surface area (Å²) >= 11 is 0. The zero-order valence-corrected chi connectivity index (χ0v) is 20.3. The van der Waals surface area contributed by atoms with Crippen LogP contribution in [0, 0.1) is 17.1 Å². The third kappa shape index (κ3) is 5.94. The van der Waals surface area contributed by atoms with Crippen molar-refractivity contribution in [1.82, 2.24) is 9.55 Å². The minimum atomic E-state index is -1.05. The topological polar surface area (TPSA) is 108 Å². The number of fused-ring (bicyclic) bond motifs is 1. The number of aliphatic hydroxyl groups is 2. The van der Waals surface area contributed by atoms with Crippen molar-refractivity contribution in [3.8, 4) is 17.2 Å². The normalized spacial score (nSPS) is 14.3. The van der Waals surface area contributed by atoms with Gasteiger partial charge < -0.3 is 19.5 Å². The van der Waals surface area contributed by atoms with Crippen LogP contribution in [-0.4, -0.2) is 45.1 Å². The van der Waals surface area contributed by atoms with E-state index in [9.17, 15) is 24.7 Å². The Hall–Kier alpha value is -3.54. The number of esters is 1. The largest absolute Gasteiger partial charge is 0.469 e. The lowest BCUT2D eigenvalue weighted by Crippen LogP contribution is -2.20. The van der Waals surface area contributed by atoms with E-state index in [4.69, 9.17) is 4.98 Å². The minimum absolute atomic E-state index is 0.000970. The molecule has 0 bridgehead atoms. The SMILES string of the molecule is COC(=O)CC(O)CC(O)/C=C/c1c(C(C)C)nc2c(ccn2C(C)C#N)c1-c1ccc(F)cc1. The van der Waals surface area contributed by atoms with Crippen LogP contribution in [0.4, 0.5) is 4.39 Å². The highest BCUT2D eigenvalue weighted by atomic mass is 19.1. The first kappa shape index (κ1) is 26.1. The van der Waals surface area contributed by atoms with E-state index in [0.717, 1.165) is 27.8 Å². The molecule has 2 aromatic heterocycles. The number of nitrogens with zero attached hydrogens (tertiary/aromatic N) is 3. The summed E-state index contributed by atoms with van der Waals surface area (Å²) in [5, 5.41) is 30.8. The van der Waals surface area contributed by atoms with Crippen LogP contribution in [0.3, 0.4) is 0 Å². The molecular formula is C27H30FN3O4. The summed E-state index contributed by atoms with van der Waals surface area (Å²) in [5.41, 5.74) is 3.72. The number of hydrogen-bond acceptors (Lipinski definition) is 6. The molecule has 184 valence electrons. The Balaban J connectivity index is 2.15. The molecule has 35 heavy (non-hydrogen) atoms. The smallest absolute Gasteiger partial charge is 0.308 e. The summed E-state index contributed by atoms with van der Waals surface area (Å²) in [6.45, 7) is 5.78. The molecule has 0 spiro atoms. The van der Waals surface area contributed by atoms with Crippen molar-refractivity contribution in [3.05, 3.63) is 59.7 Å². The number of aliphatic hydroxyl groups excluding tert-OH is 2. The Kier molecular flexibility index (Phi) is 8.39. The van der Waals surface area contributed by atoms with E-state index in [1.807, 2.05) is 26.1 Å². The Morgan fingerprint density at radius 2 is 1.91 bits per heavy atom. The molecule has 0 aliphatic carbocycles. The highest BCUT2D eigenvalue weighted by Crippen LogP contribution is 2.38. The summed E-state index contributed by atoms with van der Waals surface area (Å²) in [7, 11) is 1.24. The van der Waals surface area contributed by atoms with Gasteiger partial charge in [-0.25, -0.2) is 9.37 Å². The first-order valence-electron chi connectivity index (χ1n) is 11.5. The van der Waals surface area contributed by atoms with Crippen LogP contribution in [0.25, 0.3) is 28.2 Å². The van der Waals surface area contributed by atoms with Gasteiger partial charge in [-0.3, -0.25) is 4.79 Å². The third-order valence-electron chi connectivity index (χ3n) is 5.84. The Bertz CT molecular complexity index is 1260. The van der Waals surface area contributed by atoms with Crippen molar-refractivity contribution >= 4 is 23.1 Å². The van der Waals surface area contributed by atoms with E-state index < -0.39 is 24.2 Å². The van der Waals surface area contributed by atoms with Gasteiger partial charge in [0.15, 0.2) is 0 Å². The lowest BCUT2D eigenvalue weighted by Gasteiger charge is -2.18. The molecule has 3 atom stereocenters. The van der Waals surface area contributed by atoms with Crippen molar-refractivity contribution in [3.63, 3.8) is 0 Å². The van der Waals surface area contributed by atoms with E-state index >= 15 is 0 Å². The fourth-order valence-corrected chi connectivity index (χ4v) is 4.03. The van der Waals surface area contributed by atoms with Gasteiger partial charge in [0.1, 0.15) is 17.5 Å². The minimum Gasteiger partial charge on any atom is -0.469 e. The average molecular weight is 480 g/mol. The molecule has 0 saturated carbocycles. The van der Waals surface area contributed by atoms with Crippen LogP contribution < -0.4 is 0 Å². The zero-order valence-electron chi connectivity index (χ0n) is 20.3. The highest BCUT2D eigenvalue weighted by Gasteiger charge is 2.21. The molecule has 0 saturated heterocycles. The molecule has 2 N–H and O–H groups in total. The Labute approximate surface area is 204 Å². The van der Waals surface area contributed by atoms with E-state index in [1.54, 1.807) is 35.8 Å². The summed E-state index contributed by atoms with van der Waals surface area (Å²) < 4.78 is 20.1. The highest BCUT2D eigenvalue weighted by molar-refractivity contribution is 5.98. The number of carbonyl (C=O) groups excluding carboxylic acids is 1. The van der Waals surface area contributed by atoms with Crippen LogP contribution in [0.2, 0.25) is 0 Å². The number of rotatable bonds is 9. The summed E-state index contributed by atoms with van der Waals surface area (Å²) in [5.74, 6) is -0.910. The van der Waals surface area contributed by atoms with E-state index in [1.165, 1.54) is 19.2 Å². The predicted molar refractivity (Wildman–Crippen MR) is 132 cm³/mol. The second-order valence-corrected chi connectivity index (χ2v) is 8.81. The first-order chi connectivity index (χ1) is 16.7. The fraction of sp³-hybridized carbons (Fsp3) is 0.370.